The lowest BCUT2D eigenvalue weighted by molar-refractivity contribution is -0.140. The Bertz CT molecular complexity index is 147. The molecule has 0 aliphatic carbocycles. The van der Waals surface area contributed by atoms with E-state index in [1.807, 2.05) is 0 Å². The largest absolute Gasteiger partial charge is 0.469 e. The number of ether oxygens (including phenoxy) is 2. The summed E-state index contributed by atoms with van der Waals surface area (Å²) in [6.07, 6.45) is 3.13. The quantitative estimate of drug-likeness (QED) is 0.475. The van der Waals surface area contributed by atoms with Crippen molar-refractivity contribution in [1.82, 2.24) is 0 Å². The molecule has 84 valence electrons. The van der Waals surface area contributed by atoms with Crippen LogP contribution in [-0.4, -0.2) is 38.0 Å². The van der Waals surface area contributed by atoms with Gasteiger partial charge in [-0.1, -0.05) is 6.42 Å². The van der Waals surface area contributed by atoms with Gasteiger partial charge in [0.15, 0.2) is 0 Å². The van der Waals surface area contributed by atoms with E-state index in [0.29, 0.717) is 19.4 Å². The normalized spacial score (nSPS) is 12.5. The minimum absolute atomic E-state index is 0.184. The van der Waals surface area contributed by atoms with Crippen molar-refractivity contribution in [2.45, 2.75) is 38.2 Å². The minimum Gasteiger partial charge on any atom is -0.469 e. The molecular weight excluding hydrogens is 184 g/mol. The Morgan fingerprint density at radius 2 is 2.00 bits per heavy atom. The van der Waals surface area contributed by atoms with E-state index in [4.69, 9.17) is 4.74 Å². The van der Waals surface area contributed by atoms with Crippen molar-refractivity contribution in [1.29, 1.82) is 0 Å². The number of unbranched alkanes of at least 4 members (excludes halogenated alkanes) is 1. The molecule has 14 heavy (non-hydrogen) atoms. The lowest BCUT2D eigenvalue weighted by Crippen LogP contribution is -2.10. The van der Waals surface area contributed by atoms with Gasteiger partial charge < -0.3 is 14.6 Å². The molecule has 0 radical (unpaired) electrons. The Morgan fingerprint density at radius 3 is 2.57 bits per heavy atom. The topological polar surface area (TPSA) is 55.8 Å². The number of rotatable bonds is 8. The number of hydrogen-bond acceptors (Lipinski definition) is 4. The monoisotopic (exact) mass is 204 g/mol. The van der Waals surface area contributed by atoms with E-state index in [1.165, 1.54) is 7.11 Å². The summed E-state index contributed by atoms with van der Waals surface area (Å²) in [4.78, 5) is 10.7. The zero-order valence-corrected chi connectivity index (χ0v) is 8.99. The van der Waals surface area contributed by atoms with E-state index >= 15 is 0 Å². The smallest absolute Gasteiger partial charge is 0.305 e. The van der Waals surface area contributed by atoms with Crippen LogP contribution in [0, 0.1) is 0 Å². The van der Waals surface area contributed by atoms with Crippen molar-refractivity contribution in [2.24, 2.45) is 0 Å². The predicted octanol–water partition coefficient (Wildman–Crippen LogP) is 1.12. The first kappa shape index (κ1) is 13.4. The molecule has 4 heteroatoms. The number of methoxy groups -OCH3 is 2. The van der Waals surface area contributed by atoms with Crippen molar-refractivity contribution in [2.75, 3.05) is 20.8 Å². The molecule has 4 nitrogen and oxygen atoms in total. The van der Waals surface area contributed by atoms with Gasteiger partial charge in [0, 0.05) is 20.1 Å². The van der Waals surface area contributed by atoms with Gasteiger partial charge in [-0.3, -0.25) is 4.79 Å². The molecule has 0 amide bonds. The van der Waals surface area contributed by atoms with Crippen LogP contribution >= 0.6 is 0 Å². The molecule has 0 fully saturated rings. The standard InChI is InChI=1S/C10H20O4/c1-13-8-7-9(11)5-3-4-6-10(12)14-2/h9,11H,3-8H2,1-2H3/t9-/m1/s1. The van der Waals surface area contributed by atoms with Gasteiger partial charge in [0.25, 0.3) is 0 Å². The predicted molar refractivity (Wildman–Crippen MR) is 53.0 cm³/mol. The lowest BCUT2D eigenvalue weighted by atomic mass is 10.1. The van der Waals surface area contributed by atoms with Crippen LogP contribution < -0.4 is 0 Å². The third kappa shape index (κ3) is 8.01. The number of carbonyl (C=O) groups excluding carboxylic acids is 1. The molecule has 0 aliphatic rings. The van der Waals surface area contributed by atoms with Crippen LogP contribution in [0.5, 0.6) is 0 Å². The molecule has 0 aliphatic heterocycles. The van der Waals surface area contributed by atoms with Gasteiger partial charge in [-0.2, -0.15) is 0 Å². The van der Waals surface area contributed by atoms with Gasteiger partial charge in [0.1, 0.15) is 0 Å². The van der Waals surface area contributed by atoms with Crippen LogP contribution in [0.15, 0.2) is 0 Å². The molecule has 0 aromatic heterocycles. The summed E-state index contributed by atoms with van der Waals surface area (Å²) < 4.78 is 9.34. The second kappa shape index (κ2) is 8.97. The van der Waals surface area contributed by atoms with Crippen molar-refractivity contribution in [3.05, 3.63) is 0 Å². The summed E-state index contributed by atoms with van der Waals surface area (Å²) in [6.45, 7) is 0.582. The van der Waals surface area contributed by atoms with Gasteiger partial charge in [-0.15, -0.1) is 0 Å². The van der Waals surface area contributed by atoms with E-state index in [9.17, 15) is 9.90 Å². The fourth-order valence-corrected chi connectivity index (χ4v) is 1.15. The first-order chi connectivity index (χ1) is 6.70. The first-order valence-corrected chi connectivity index (χ1v) is 4.94. The Kier molecular flexibility index (Phi) is 8.57. The number of aliphatic hydroxyl groups excluding tert-OH is 1. The molecule has 0 rings (SSSR count). The number of carbonyl (C=O) groups is 1. The maximum absolute atomic E-state index is 10.7. The van der Waals surface area contributed by atoms with E-state index in [-0.39, 0.29) is 12.1 Å². The molecular formula is C10H20O4. The average molecular weight is 204 g/mol. The molecule has 0 heterocycles. The van der Waals surface area contributed by atoms with Crippen LogP contribution in [0.3, 0.4) is 0 Å². The summed E-state index contributed by atoms with van der Waals surface area (Å²) in [5.74, 6) is -0.184. The van der Waals surface area contributed by atoms with Crippen LogP contribution in [0.25, 0.3) is 0 Å². The molecule has 1 atom stereocenters. The molecule has 0 spiro atoms. The molecule has 0 aromatic carbocycles. The molecule has 1 N–H and O–H groups in total. The molecule has 0 unspecified atom stereocenters. The van der Waals surface area contributed by atoms with Crippen LogP contribution in [0.1, 0.15) is 32.1 Å². The fourth-order valence-electron chi connectivity index (χ4n) is 1.15. The SMILES string of the molecule is COCC[C@H](O)CCCCC(=O)OC. The van der Waals surface area contributed by atoms with Gasteiger partial charge in [-0.25, -0.2) is 0 Å². The molecule has 0 bridgehead atoms. The fraction of sp³-hybridized carbons (Fsp3) is 0.900. The maximum Gasteiger partial charge on any atom is 0.305 e. The van der Waals surface area contributed by atoms with Gasteiger partial charge in [-0.05, 0) is 19.3 Å². The van der Waals surface area contributed by atoms with E-state index < -0.39 is 0 Å². The van der Waals surface area contributed by atoms with Crippen LogP contribution in [0.2, 0.25) is 0 Å². The minimum atomic E-state index is -0.312. The van der Waals surface area contributed by atoms with E-state index in [1.54, 1.807) is 7.11 Å². The number of esters is 1. The van der Waals surface area contributed by atoms with Crippen LogP contribution in [-0.2, 0) is 14.3 Å². The Hall–Kier alpha value is -0.610. The van der Waals surface area contributed by atoms with E-state index in [0.717, 1.165) is 19.3 Å². The second-order valence-corrected chi connectivity index (χ2v) is 3.26. The van der Waals surface area contributed by atoms with Crippen molar-refractivity contribution in [3.63, 3.8) is 0 Å². The molecule has 0 aromatic rings. The highest BCUT2D eigenvalue weighted by Crippen LogP contribution is 2.06. The average Bonchev–Trinajstić information content (AvgIpc) is 2.21. The highest BCUT2D eigenvalue weighted by molar-refractivity contribution is 5.68. The van der Waals surface area contributed by atoms with Gasteiger partial charge in [0.05, 0.1) is 13.2 Å². The second-order valence-electron chi connectivity index (χ2n) is 3.26. The third-order valence-corrected chi connectivity index (χ3v) is 2.05. The number of hydrogen-bond donors (Lipinski definition) is 1. The van der Waals surface area contributed by atoms with Crippen molar-refractivity contribution >= 4 is 5.97 Å². The van der Waals surface area contributed by atoms with E-state index in [2.05, 4.69) is 4.74 Å². The number of aliphatic hydroxyl groups is 1. The van der Waals surface area contributed by atoms with Crippen LogP contribution in [0.4, 0.5) is 0 Å². The summed E-state index contributed by atoms with van der Waals surface area (Å²) in [7, 11) is 3.00. The van der Waals surface area contributed by atoms with Gasteiger partial charge >= 0.3 is 5.97 Å². The molecule has 0 saturated carbocycles. The highest BCUT2D eigenvalue weighted by Gasteiger charge is 2.04. The Labute approximate surface area is 85.2 Å². The van der Waals surface area contributed by atoms with Gasteiger partial charge in [0.2, 0.25) is 0 Å². The lowest BCUT2D eigenvalue weighted by Gasteiger charge is -2.08. The Balaban J connectivity index is 3.22. The summed E-state index contributed by atoms with van der Waals surface area (Å²) in [6, 6.07) is 0. The molecule has 0 saturated heterocycles. The zero-order valence-electron chi connectivity index (χ0n) is 8.99. The van der Waals surface area contributed by atoms with Crippen molar-refractivity contribution < 1.29 is 19.4 Å². The summed E-state index contributed by atoms with van der Waals surface area (Å²) in [5, 5.41) is 9.41. The highest BCUT2D eigenvalue weighted by atomic mass is 16.5. The third-order valence-electron chi connectivity index (χ3n) is 2.05. The van der Waals surface area contributed by atoms with Crippen molar-refractivity contribution in [3.8, 4) is 0 Å². The zero-order chi connectivity index (χ0) is 10.8. The summed E-state index contributed by atoms with van der Waals surface area (Å²) in [5.41, 5.74) is 0. The summed E-state index contributed by atoms with van der Waals surface area (Å²) >= 11 is 0. The first-order valence-electron chi connectivity index (χ1n) is 4.94. The Morgan fingerprint density at radius 1 is 1.29 bits per heavy atom. The maximum atomic E-state index is 10.7.